The number of nitro benzene ring substituents is 1. The average Bonchev–Trinajstić information content (AvgIpc) is 2.61. The van der Waals surface area contributed by atoms with Crippen molar-refractivity contribution in [1.29, 1.82) is 0 Å². The van der Waals surface area contributed by atoms with E-state index in [1.807, 2.05) is 4.90 Å². The van der Waals surface area contributed by atoms with Gasteiger partial charge >= 0.3 is 6.18 Å². The quantitative estimate of drug-likeness (QED) is 0.504. The molecular formula is C16H24Cl2F3N3O4. The molecule has 0 saturated carbocycles. The Morgan fingerprint density at radius 3 is 2.18 bits per heavy atom. The molecule has 1 fully saturated rings. The van der Waals surface area contributed by atoms with E-state index in [1.165, 1.54) is 26.4 Å². The summed E-state index contributed by atoms with van der Waals surface area (Å²) in [5.74, 6) is 0.415. The van der Waals surface area contributed by atoms with Crippen LogP contribution in [0.5, 0.6) is 11.5 Å². The van der Waals surface area contributed by atoms with Gasteiger partial charge in [0, 0.05) is 38.6 Å². The topological polar surface area (TPSA) is 76.9 Å². The molecule has 1 saturated heterocycles. The fraction of sp³-hybridized carbons (Fsp3) is 0.625. The number of halogens is 5. The van der Waals surface area contributed by atoms with Crippen LogP contribution >= 0.6 is 24.8 Å². The van der Waals surface area contributed by atoms with E-state index in [4.69, 9.17) is 9.47 Å². The maximum atomic E-state index is 12.8. The molecule has 1 heterocycles. The number of nitro groups is 1. The molecule has 2 rings (SSSR count). The van der Waals surface area contributed by atoms with Gasteiger partial charge < -0.3 is 14.8 Å². The molecule has 0 bridgehead atoms. The van der Waals surface area contributed by atoms with Gasteiger partial charge in [-0.15, -0.1) is 24.8 Å². The molecule has 1 atom stereocenters. The molecular weight excluding hydrogens is 426 g/mol. The lowest BCUT2D eigenvalue weighted by Gasteiger charge is -2.35. The molecule has 0 amide bonds. The highest BCUT2D eigenvalue weighted by molar-refractivity contribution is 5.85. The maximum Gasteiger partial charge on any atom is 0.389 e. The van der Waals surface area contributed by atoms with Crippen LogP contribution in [0.15, 0.2) is 12.1 Å². The van der Waals surface area contributed by atoms with Crippen LogP contribution < -0.4 is 14.8 Å². The summed E-state index contributed by atoms with van der Waals surface area (Å²) in [5, 5.41) is 14.7. The zero-order chi connectivity index (χ0) is 19.3. The lowest BCUT2D eigenvalue weighted by Crippen LogP contribution is -2.45. The largest absolute Gasteiger partial charge is 0.493 e. The highest BCUT2D eigenvalue weighted by Gasteiger charge is 2.35. The summed E-state index contributed by atoms with van der Waals surface area (Å²) >= 11 is 0. The summed E-state index contributed by atoms with van der Waals surface area (Å²) in [4.78, 5) is 12.8. The van der Waals surface area contributed by atoms with Gasteiger partial charge in [0.25, 0.3) is 5.69 Å². The molecule has 28 heavy (non-hydrogen) atoms. The molecule has 0 unspecified atom stereocenters. The van der Waals surface area contributed by atoms with Crippen molar-refractivity contribution in [3.05, 3.63) is 27.8 Å². The molecule has 7 nitrogen and oxygen atoms in total. The van der Waals surface area contributed by atoms with Crippen LogP contribution in [-0.2, 0) is 0 Å². The fourth-order valence-electron chi connectivity index (χ4n) is 3.14. The highest BCUT2D eigenvalue weighted by Crippen LogP contribution is 2.41. The van der Waals surface area contributed by atoms with Crippen molar-refractivity contribution in [3.8, 4) is 11.5 Å². The number of piperazine rings is 1. The molecule has 1 N–H and O–H groups in total. The van der Waals surface area contributed by atoms with Gasteiger partial charge in [0.05, 0.1) is 30.8 Å². The third kappa shape index (κ3) is 6.84. The van der Waals surface area contributed by atoms with Crippen LogP contribution in [0, 0.1) is 10.1 Å². The van der Waals surface area contributed by atoms with Gasteiger partial charge in [-0.2, -0.15) is 13.2 Å². The number of rotatable bonds is 7. The first-order valence-corrected chi connectivity index (χ1v) is 8.18. The number of methoxy groups -OCH3 is 2. The Labute approximate surface area is 173 Å². The molecule has 1 aromatic carbocycles. The Kier molecular flexibility index (Phi) is 10.9. The van der Waals surface area contributed by atoms with Crippen LogP contribution in [0.1, 0.15) is 24.4 Å². The Morgan fingerprint density at radius 2 is 1.71 bits per heavy atom. The van der Waals surface area contributed by atoms with E-state index in [1.54, 1.807) is 0 Å². The molecule has 0 aliphatic carbocycles. The van der Waals surface area contributed by atoms with E-state index in [2.05, 4.69) is 5.32 Å². The van der Waals surface area contributed by atoms with Crippen molar-refractivity contribution in [3.63, 3.8) is 0 Å². The number of hydrogen-bond donors (Lipinski definition) is 1. The minimum atomic E-state index is -4.34. The Morgan fingerprint density at radius 1 is 1.18 bits per heavy atom. The monoisotopic (exact) mass is 449 g/mol. The predicted molar refractivity (Wildman–Crippen MR) is 103 cm³/mol. The van der Waals surface area contributed by atoms with Gasteiger partial charge in [0.2, 0.25) is 0 Å². The molecule has 1 aromatic rings. The third-order valence-electron chi connectivity index (χ3n) is 4.38. The zero-order valence-electron chi connectivity index (χ0n) is 15.5. The molecule has 12 heteroatoms. The van der Waals surface area contributed by atoms with Crippen LogP contribution in [-0.4, -0.2) is 56.4 Å². The van der Waals surface area contributed by atoms with Crippen LogP contribution in [0.3, 0.4) is 0 Å². The highest BCUT2D eigenvalue weighted by atomic mass is 35.5. The van der Waals surface area contributed by atoms with Crippen molar-refractivity contribution in [1.82, 2.24) is 10.2 Å². The summed E-state index contributed by atoms with van der Waals surface area (Å²) in [7, 11) is 2.72. The molecule has 0 radical (unpaired) electrons. The Bertz CT molecular complexity index is 644. The molecule has 0 spiro atoms. The molecule has 1 aliphatic rings. The van der Waals surface area contributed by atoms with Crippen molar-refractivity contribution in [2.24, 2.45) is 0 Å². The fourth-order valence-corrected chi connectivity index (χ4v) is 3.14. The molecule has 0 aromatic heterocycles. The summed E-state index contributed by atoms with van der Waals surface area (Å²) in [6.45, 7) is 2.25. The molecule has 162 valence electrons. The summed E-state index contributed by atoms with van der Waals surface area (Å²) < 4.78 is 48.7. The van der Waals surface area contributed by atoms with Crippen LogP contribution in [0.2, 0.25) is 0 Å². The SMILES string of the molecule is COc1cc([C@H](CCC(F)(F)F)N2CCNCC2)c([N+](=O)[O-])cc1OC.Cl.Cl. The average molecular weight is 450 g/mol. The Hall–Kier alpha value is -1.49. The lowest BCUT2D eigenvalue weighted by atomic mass is 9.97. The molecule has 1 aliphatic heterocycles. The van der Waals surface area contributed by atoms with Gasteiger partial charge in [-0.05, 0) is 12.5 Å². The van der Waals surface area contributed by atoms with Gasteiger partial charge in [-0.3, -0.25) is 15.0 Å². The third-order valence-corrected chi connectivity index (χ3v) is 4.38. The van der Waals surface area contributed by atoms with E-state index in [0.29, 0.717) is 26.2 Å². The maximum absolute atomic E-state index is 12.8. The van der Waals surface area contributed by atoms with E-state index >= 15 is 0 Å². The summed E-state index contributed by atoms with van der Waals surface area (Å²) in [5.41, 5.74) is -0.0628. The minimum Gasteiger partial charge on any atom is -0.493 e. The normalized spacial score (nSPS) is 15.8. The van der Waals surface area contributed by atoms with Crippen molar-refractivity contribution >= 4 is 30.5 Å². The van der Waals surface area contributed by atoms with Gasteiger partial charge in [-0.25, -0.2) is 0 Å². The number of benzene rings is 1. The first kappa shape index (κ1) is 26.5. The number of nitrogens with one attached hydrogen (secondary N) is 1. The van der Waals surface area contributed by atoms with Crippen molar-refractivity contribution < 1.29 is 27.6 Å². The van der Waals surface area contributed by atoms with Gasteiger partial charge in [-0.1, -0.05) is 0 Å². The summed E-state index contributed by atoms with van der Waals surface area (Å²) in [6.07, 6.45) is -5.62. The number of alkyl halides is 3. The zero-order valence-corrected chi connectivity index (χ0v) is 17.1. The van der Waals surface area contributed by atoms with Gasteiger partial charge in [0.1, 0.15) is 0 Å². The predicted octanol–water partition coefficient (Wildman–Crippen LogP) is 3.74. The smallest absolute Gasteiger partial charge is 0.389 e. The van der Waals surface area contributed by atoms with Crippen LogP contribution in [0.25, 0.3) is 0 Å². The van der Waals surface area contributed by atoms with Crippen molar-refractivity contribution in [2.45, 2.75) is 25.1 Å². The lowest BCUT2D eigenvalue weighted by molar-refractivity contribution is -0.386. The first-order chi connectivity index (χ1) is 12.3. The standard InChI is InChI=1S/C16H22F3N3O4.2ClH/c1-25-14-9-11(13(22(23)24)10-15(14)26-2)12(3-4-16(17,18)19)21-7-5-20-6-8-21;;/h9-10,12,20H,3-8H2,1-2H3;2*1H/t12-;;/m0../s1. The minimum absolute atomic E-state index is 0. The van der Waals surface area contributed by atoms with Gasteiger partial charge in [0.15, 0.2) is 11.5 Å². The second-order valence-electron chi connectivity index (χ2n) is 5.98. The second kappa shape index (κ2) is 11.5. The summed E-state index contributed by atoms with van der Waals surface area (Å²) in [6, 6.07) is 1.88. The second-order valence-corrected chi connectivity index (χ2v) is 5.98. The van der Waals surface area contributed by atoms with E-state index in [9.17, 15) is 23.3 Å². The van der Waals surface area contributed by atoms with Crippen molar-refractivity contribution in [2.75, 3.05) is 40.4 Å². The number of nitrogens with zero attached hydrogens (tertiary/aromatic N) is 2. The van der Waals surface area contributed by atoms with E-state index in [-0.39, 0.29) is 54.0 Å². The van der Waals surface area contributed by atoms with Crippen LogP contribution in [0.4, 0.5) is 18.9 Å². The van der Waals surface area contributed by atoms with E-state index < -0.39 is 23.6 Å². The number of hydrogen-bond acceptors (Lipinski definition) is 6. The van der Waals surface area contributed by atoms with E-state index in [0.717, 1.165) is 0 Å². The Balaban J connectivity index is 0.00000364. The number of ether oxygens (including phenoxy) is 2. The first-order valence-electron chi connectivity index (χ1n) is 8.18.